The highest BCUT2D eigenvalue weighted by atomic mass is 79.9. The van der Waals surface area contributed by atoms with Crippen molar-refractivity contribution in [3.05, 3.63) is 22.2 Å². The molecule has 1 heterocycles. The minimum absolute atomic E-state index is 0. The van der Waals surface area contributed by atoms with Gasteiger partial charge in [-0.1, -0.05) is 23.2 Å². The van der Waals surface area contributed by atoms with Gasteiger partial charge in [-0.2, -0.15) is 0 Å². The lowest BCUT2D eigenvalue weighted by molar-refractivity contribution is 1.35. The van der Waals surface area contributed by atoms with Gasteiger partial charge in [0, 0.05) is 0 Å². The third-order valence-electron chi connectivity index (χ3n) is 1.54. The fraction of sp³-hybridized carbons (Fsp3) is 0. The Morgan fingerprint density at radius 3 is 2.54 bits per heavy atom. The van der Waals surface area contributed by atoms with Crippen LogP contribution in [0.3, 0.4) is 0 Å². The fourth-order valence-corrected chi connectivity index (χ4v) is 1.35. The zero-order chi connectivity index (χ0) is 8.72. The lowest BCUT2D eigenvalue weighted by Crippen LogP contribution is -1.84. The molecule has 0 aliphatic carbocycles. The maximum atomic E-state index is 5.78. The maximum absolute atomic E-state index is 5.78. The number of aromatic nitrogens is 2. The molecule has 13 heavy (non-hydrogen) atoms. The van der Waals surface area contributed by atoms with Gasteiger partial charge in [0.15, 0.2) is 5.95 Å². The minimum atomic E-state index is 0. The number of hydrogen-bond donors (Lipinski definition) is 2. The van der Waals surface area contributed by atoms with Crippen molar-refractivity contribution in [3.63, 3.8) is 0 Å². The predicted molar refractivity (Wildman–Crippen MR) is 60.8 cm³/mol. The Labute approximate surface area is 95.0 Å². The molecule has 0 spiro atoms. The van der Waals surface area contributed by atoms with Crippen LogP contribution in [0.2, 0.25) is 10.0 Å². The fourth-order valence-electron chi connectivity index (χ4n) is 1.02. The standard InChI is InChI=1S/C7H5Cl2N3.BrH/c8-3-1-5-6(2-4(3)9)12-7(10)11-5;/h1-2H,(H3,10,11,12);1H. The molecule has 0 aliphatic rings. The second-order valence-electron chi connectivity index (χ2n) is 2.41. The van der Waals surface area contributed by atoms with Crippen LogP contribution < -0.4 is 5.73 Å². The van der Waals surface area contributed by atoms with Crippen LogP contribution in [0, 0.1) is 0 Å². The summed E-state index contributed by atoms with van der Waals surface area (Å²) >= 11 is 11.5. The third kappa shape index (κ3) is 1.90. The van der Waals surface area contributed by atoms with E-state index >= 15 is 0 Å². The van der Waals surface area contributed by atoms with Crippen molar-refractivity contribution in [2.45, 2.75) is 0 Å². The Balaban J connectivity index is 0.000000845. The van der Waals surface area contributed by atoms with Crippen LogP contribution in [0.4, 0.5) is 5.95 Å². The maximum Gasteiger partial charge on any atom is 0.198 e. The molecule has 0 fully saturated rings. The smallest absolute Gasteiger partial charge is 0.198 e. The van der Waals surface area contributed by atoms with E-state index in [4.69, 9.17) is 28.9 Å². The number of imidazole rings is 1. The van der Waals surface area contributed by atoms with Crippen molar-refractivity contribution in [1.82, 2.24) is 9.97 Å². The summed E-state index contributed by atoms with van der Waals surface area (Å²) in [5, 5.41) is 0.975. The number of anilines is 1. The summed E-state index contributed by atoms with van der Waals surface area (Å²) in [7, 11) is 0. The molecule has 0 aliphatic heterocycles. The van der Waals surface area contributed by atoms with E-state index in [0.29, 0.717) is 16.0 Å². The number of aromatic amines is 1. The number of halogens is 3. The van der Waals surface area contributed by atoms with Crippen LogP contribution >= 0.6 is 40.2 Å². The van der Waals surface area contributed by atoms with Crippen molar-refractivity contribution >= 4 is 57.2 Å². The number of nitrogens with two attached hydrogens (primary N) is 1. The van der Waals surface area contributed by atoms with E-state index in [0.717, 1.165) is 11.0 Å². The quantitative estimate of drug-likeness (QED) is 0.780. The van der Waals surface area contributed by atoms with Gasteiger partial charge in [-0.15, -0.1) is 17.0 Å². The van der Waals surface area contributed by atoms with Gasteiger partial charge in [0.05, 0.1) is 21.1 Å². The van der Waals surface area contributed by atoms with E-state index in [1.54, 1.807) is 12.1 Å². The average Bonchev–Trinajstić information content (AvgIpc) is 2.30. The average molecular weight is 283 g/mol. The zero-order valence-corrected chi connectivity index (χ0v) is 9.57. The molecule has 2 rings (SSSR count). The van der Waals surface area contributed by atoms with Gasteiger partial charge in [-0.25, -0.2) is 4.98 Å². The van der Waals surface area contributed by atoms with Crippen LogP contribution in [0.25, 0.3) is 11.0 Å². The first-order valence-electron chi connectivity index (χ1n) is 3.27. The van der Waals surface area contributed by atoms with Crippen LogP contribution in [-0.4, -0.2) is 9.97 Å². The van der Waals surface area contributed by atoms with Gasteiger partial charge < -0.3 is 10.7 Å². The molecule has 0 unspecified atom stereocenters. The molecule has 3 N–H and O–H groups in total. The number of fused-ring (bicyclic) bond motifs is 1. The Hall–Kier alpha value is -0.450. The second-order valence-corrected chi connectivity index (χ2v) is 3.22. The van der Waals surface area contributed by atoms with E-state index < -0.39 is 0 Å². The summed E-state index contributed by atoms with van der Waals surface area (Å²) in [5.74, 6) is 0.364. The topological polar surface area (TPSA) is 54.7 Å². The van der Waals surface area contributed by atoms with Gasteiger partial charge in [0.25, 0.3) is 0 Å². The van der Waals surface area contributed by atoms with E-state index in [-0.39, 0.29) is 17.0 Å². The third-order valence-corrected chi connectivity index (χ3v) is 2.26. The van der Waals surface area contributed by atoms with Crippen molar-refractivity contribution in [2.24, 2.45) is 0 Å². The zero-order valence-electron chi connectivity index (χ0n) is 6.34. The highest BCUT2D eigenvalue weighted by molar-refractivity contribution is 8.93. The van der Waals surface area contributed by atoms with Crippen LogP contribution in [-0.2, 0) is 0 Å². The first kappa shape index (κ1) is 10.6. The lowest BCUT2D eigenvalue weighted by Gasteiger charge is -1.92. The molecule has 6 heteroatoms. The molecule has 0 bridgehead atoms. The number of hydrogen-bond acceptors (Lipinski definition) is 2. The highest BCUT2D eigenvalue weighted by Gasteiger charge is 2.03. The van der Waals surface area contributed by atoms with Crippen molar-refractivity contribution in [1.29, 1.82) is 0 Å². The molecule has 0 atom stereocenters. The Morgan fingerprint density at radius 2 is 1.85 bits per heavy atom. The van der Waals surface area contributed by atoms with E-state index in [1.807, 2.05) is 0 Å². The molecule has 1 aromatic heterocycles. The molecular formula is C7H6BrCl2N3. The van der Waals surface area contributed by atoms with Gasteiger partial charge in [-0.05, 0) is 12.1 Å². The first-order chi connectivity index (χ1) is 5.66. The Bertz CT molecular complexity index is 401. The molecule has 0 amide bonds. The Kier molecular flexibility index (Phi) is 3.05. The molecule has 1 aromatic carbocycles. The van der Waals surface area contributed by atoms with E-state index in [1.165, 1.54) is 0 Å². The first-order valence-corrected chi connectivity index (χ1v) is 4.02. The summed E-state index contributed by atoms with van der Waals surface area (Å²) < 4.78 is 0. The van der Waals surface area contributed by atoms with Crippen LogP contribution in [0.5, 0.6) is 0 Å². The highest BCUT2D eigenvalue weighted by Crippen LogP contribution is 2.26. The van der Waals surface area contributed by atoms with Crippen LogP contribution in [0.1, 0.15) is 0 Å². The second kappa shape index (κ2) is 3.74. The van der Waals surface area contributed by atoms with Crippen molar-refractivity contribution in [3.8, 4) is 0 Å². The van der Waals surface area contributed by atoms with Gasteiger partial charge in [0.1, 0.15) is 0 Å². The summed E-state index contributed by atoms with van der Waals surface area (Å²) in [4.78, 5) is 6.84. The molecular weight excluding hydrogens is 277 g/mol. The molecule has 2 aromatic rings. The normalized spacial score (nSPS) is 10.0. The predicted octanol–water partition coefficient (Wildman–Crippen LogP) is 3.03. The number of benzene rings is 1. The molecule has 0 saturated heterocycles. The Morgan fingerprint density at radius 1 is 1.23 bits per heavy atom. The SMILES string of the molecule is Br.Nc1nc2cc(Cl)c(Cl)cc2[nH]1. The summed E-state index contributed by atoms with van der Waals surface area (Å²) in [6, 6.07) is 3.37. The van der Waals surface area contributed by atoms with Crippen molar-refractivity contribution in [2.75, 3.05) is 5.73 Å². The van der Waals surface area contributed by atoms with Gasteiger partial charge >= 0.3 is 0 Å². The van der Waals surface area contributed by atoms with E-state index in [9.17, 15) is 0 Å². The monoisotopic (exact) mass is 281 g/mol. The minimum Gasteiger partial charge on any atom is -0.369 e. The number of nitrogen functional groups attached to an aromatic ring is 1. The molecule has 70 valence electrons. The number of nitrogens with zero attached hydrogens (tertiary/aromatic N) is 1. The summed E-state index contributed by atoms with van der Waals surface area (Å²) in [5.41, 5.74) is 6.96. The number of rotatable bonds is 0. The van der Waals surface area contributed by atoms with Crippen molar-refractivity contribution < 1.29 is 0 Å². The largest absolute Gasteiger partial charge is 0.369 e. The van der Waals surface area contributed by atoms with Gasteiger partial charge in [0.2, 0.25) is 0 Å². The molecule has 0 saturated carbocycles. The summed E-state index contributed by atoms with van der Waals surface area (Å²) in [6.07, 6.45) is 0. The van der Waals surface area contributed by atoms with Crippen LogP contribution in [0.15, 0.2) is 12.1 Å². The summed E-state index contributed by atoms with van der Waals surface area (Å²) in [6.45, 7) is 0. The number of nitrogens with one attached hydrogen (secondary N) is 1. The number of H-pyrrole nitrogens is 1. The molecule has 3 nitrogen and oxygen atoms in total. The van der Waals surface area contributed by atoms with E-state index in [2.05, 4.69) is 9.97 Å². The molecule has 0 radical (unpaired) electrons. The van der Waals surface area contributed by atoms with Gasteiger partial charge in [-0.3, -0.25) is 0 Å². The lowest BCUT2D eigenvalue weighted by atomic mass is 10.3.